The highest BCUT2D eigenvalue weighted by Crippen LogP contribution is 2.21. The number of halogens is 1. The van der Waals surface area contributed by atoms with Crippen LogP contribution in [0.5, 0.6) is 5.75 Å². The fraction of sp³-hybridized carbons (Fsp3) is 0.444. The lowest BCUT2D eigenvalue weighted by Gasteiger charge is -2.17. The molecular formula is C9H12ClNO2. The van der Waals surface area contributed by atoms with Crippen LogP contribution in [0.15, 0.2) is 18.3 Å². The van der Waals surface area contributed by atoms with Gasteiger partial charge in [0.15, 0.2) is 10.9 Å². The lowest BCUT2D eigenvalue weighted by atomic mass is 10.2. The van der Waals surface area contributed by atoms with E-state index in [0.29, 0.717) is 10.9 Å². The second-order valence-electron chi connectivity index (χ2n) is 3.39. The van der Waals surface area contributed by atoms with E-state index in [1.54, 1.807) is 32.2 Å². The first kappa shape index (κ1) is 10.3. The lowest BCUT2D eigenvalue weighted by molar-refractivity contribution is 0.0284. The van der Waals surface area contributed by atoms with Crippen LogP contribution in [0.4, 0.5) is 0 Å². The van der Waals surface area contributed by atoms with Gasteiger partial charge in [-0.05, 0) is 26.0 Å². The molecule has 1 aromatic heterocycles. The van der Waals surface area contributed by atoms with Crippen molar-refractivity contribution in [3.8, 4) is 5.75 Å². The Hall–Kier alpha value is -0.800. The molecule has 0 unspecified atom stereocenters. The fourth-order valence-electron chi connectivity index (χ4n) is 0.733. The molecule has 13 heavy (non-hydrogen) atoms. The Morgan fingerprint density at radius 3 is 2.85 bits per heavy atom. The molecule has 0 aliphatic carbocycles. The Morgan fingerprint density at radius 1 is 1.62 bits per heavy atom. The number of aromatic nitrogens is 1. The summed E-state index contributed by atoms with van der Waals surface area (Å²) in [5.41, 5.74) is -0.862. The van der Waals surface area contributed by atoms with Crippen LogP contribution in [0.1, 0.15) is 13.8 Å². The first-order chi connectivity index (χ1) is 5.99. The van der Waals surface area contributed by atoms with Crippen molar-refractivity contribution in [3.63, 3.8) is 0 Å². The normalized spacial score (nSPS) is 11.4. The van der Waals surface area contributed by atoms with Gasteiger partial charge in [-0.3, -0.25) is 0 Å². The molecule has 0 saturated carbocycles. The predicted octanol–water partition coefficient (Wildman–Crippen LogP) is 1.88. The standard InChI is InChI=1S/C9H12ClNO2/c1-9(2,12)6-13-7-4-3-5-11-8(7)10/h3-5,12H,6H2,1-2H3. The maximum Gasteiger partial charge on any atom is 0.171 e. The Labute approximate surface area is 82.3 Å². The van der Waals surface area contributed by atoms with Crippen LogP contribution < -0.4 is 4.74 Å². The van der Waals surface area contributed by atoms with Crippen molar-refractivity contribution in [1.82, 2.24) is 4.98 Å². The monoisotopic (exact) mass is 201 g/mol. The molecule has 0 aliphatic rings. The van der Waals surface area contributed by atoms with Crippen LogP contribution in [-0.4, -0.2) is 22.3 Å². The molecule has 0 bridgehead atoms. The van der Waals surface area contributed by atoms with Crippen LogP contribution in [0, 0.1) is 0 Å². The maximum atomic E-state index is 9.38. The summed E-state index contributed by atoms with van der Waals surface area (Å²) in [7, 11) is 0. The second-order valence-corrected chi connectivity index (χ2v) is 3.75. The van der Waals surface area contributed by atoms with Crippen LogP contribution in [-0.2, 0) is 0 Å². The van der Waals surface area contributed by atoms with Gasteiger partial charge in [-0.15, -0.1) is 0 Å². The summed E-state index contributed by atoms with van der Waals surface area (Å²) in [5, 5.41) is 9.69. The molecule has 0 spiro atoms. The zero-order valence-corrected chi connectivity index (χ0v) is 8.38. The molecule has 0 amide bonds. The van der Waals surface area contributed by atoms with Crippen molar-refractivity contribution in [3.05, 3.63) is 23.5 Å². The van der Waals surface area contributed by atoms with Crippen molar-refractivity contribution in [2.45, 2.75) is 19.4 Å². The van der Waals surface area contributed by atoms with Gasteiger partial charge >= 0.3 is 0 Å². The third-order valence-electron chi connectivity index (χ3n) is 1.31. The first-order valence-corrected chi connectivity index (χ1v) is 4.32. The second kappa shape index (κ2) is 3.94. The van der Waals surface area contributed by atoms with Gasteiger partial charge in [-0.2, -0.15) is 0 Å². The number of nitrogens with zero attached hydrogens (tertiary/aromatic N) is 1. The molecule has 1 N–H and O–H groups in total. The number of rotatable bonds is 3. The molecule has 0 atom stereocenters. The van der Waals surface area contributed by atoms with Gasteiger partial charge in [0.05, 0.1) is 5.60 Å². The third kappa shape index (κ3) is 3.61. The molecule has 1 rings (SSSR count). The average Bonchev–Trinajstić information content (AvgIpc) is 2.01. The summed E-state index contributed by atoms with van der Waals surface area (Å²) in [6.45, 7) is 3.52. The first-order valence-electron chi connectivity index (χ1n) is 3.95. The van der Waals surface area contributed by atoms with E-state index in [4.69, 9.17) is 16.3 Å². The van der Waals surface area contributed by atoms with Crippen molar-refractivity contribution >= 4 is 11.6 Å². The van der Waals surface area contributed by atoms with Crippen molar-refractivity contribution in [1.29, 1.82) is 0 Å². The summed E-state index contributed by atoms with van der Waals surface area (Å²) in [6.07, 6.45) is 1.58. The van der Waals surface area contributed by atoms with Crippen LogP contribution >= 0.6 is 11.6 Å². The number of ether oxygens (including phenoxy) is 1. The quantitative estimate of drug-likeness (QED) is 0.760. The molecule has 4 heteroatoms. The van der Waals surface area contributed by atoms with Gasteiger partial charge < -0.3 is 9.84 Å². The van der Waals surface area contributed by atoms with E-state index in [-0.39, 0.29) is 6.61 Å². The molecule has 3 nitrogen and oxygen atoms in total. The highest BCUT2D eigenvalue weighted by Gasteiger charge is 2.14. The highest BCUT2D eigenvalue weighted by atomic mass is 35.5. The van der Waals surface area contributed by atoms with E-state index < -0.39 is 5.60 Å². The van der Waals surface area contributed by atoms with Gasteiger partial charge in [0.25, 0.3) is 0 Å². The maximum absolute atomic E-state index is 9.38. The van der Waals surface area contributed by atoms with Crippen LogP contribution in [0.25, 0.3) is 0 Å². The fourth-order valence-corrected chi connectivity index (χ4v) is 0.907. The van der Waals surface area contributed by atoms with Crippen molar-refractivity contribution in [2.75, 3.05) is 6.61 Å². The molecule has 0 radical (unpaired) electrons. The van der Waals surface area contributed by atoms with Crippen LogP contribution in [0.2, 0.25) is 5.15 Å². The van der Waals surface area contributed by atoms with Crippen LogP contribution in [0.3, 0.4) is 0 Å². The van der Waals surface area contributed by atoms with E-state index in [1.165, 1.54) is 0 Å². The molecule has 0 aromatic carbocycles. The summed E-state index contributed by atoms with van der Waals surface area (Å²) in [6, 6.07) is 3.44. The van der Waals surface area contributed by atoms with E-state index in [1.807, 2.05) is 0 Å². The Kier molecular flexibility index (Phi) is 3.12. The summed E-state index contributed by atoms with van der Waals surface area (Å²) < 4.78 is 5.26. The number of aliphatic hydroxyl groups is 1. The summed E-state index contributed by atoms with van der Waals surface area (Å²) in [5.74, 6) is 0.492. The molecule has 0 saturated heterocycles. The minimum atomic E-state index is -0.862. The largest absolute Gasteiger partial charge is 0.487 e. The zero-order chi connectivity index (χ0) is 9.90. The van der Waals surface area contributed by atoms with Gasteiger partial charge in [0.1, 0.15) is 6.61 Å². The third-order valence-corrected chi connectivity index (χ3v) is 1.59. The van der Waals surface area contributed by atoms with Gasteiger partial charge in [0, 0.05) is 6.20 Å². The summed E-state index contributed by atoms with van der Waals surface area (Å²) in [4.78, 5) is 3.84. The predicted molar refractivity (Wildman–Crippen MR) is 51.0 cm³/mol. The van der Waals surface area contributed by atoms with Crippen molar-refractivity contribution < 1.29 is 9.84 Å². The molecular weight excluding hydrogens is 190 g/mol. The minimum Gasteiger partial charge on any atom is -0.487 e. The van der Waals surface area contributed by atoms with Gasteiger partial charge in [-0.25, -0.2) is 4.98 Å². The minimum absolute atomic E-state index is 0.193. The van der Waals surface area contributed by atoms with E-state index in [2.05, 4.69) is 4.98 Å². The number of hydrogen-bond donors (Lipinski definition) is 1. The van der Waals surface area contributed by atoms with E-state index in [0.717, 1.165) is 0 Å². The Morgan fingerprint density at radius 2 is 2.31 bits per heavy atom. The van der Waals surface area contributed by atoms with Gasteiger partial charge in [0.2, 0.25) is 0 Å². The Bertz CT molecular complexity index is 283. The highest BCUT2D eigenvalue weighted by molar-refractivity contribution is 6.30. The molecule has 72 valence electrons. The number of hydrogen-bond acceptors (Lipinski definition) is 3. The molecule has 1 aromatic rings. The topological polar surface area (TPSA) is 42.4 Å². The zero-order valence-electron chi connectivity index (χ0n) is 7.62. The van der Waals surface area contributed by atoms with E-state index >= 15 is 0 Å². The van der Waals surface area contributed by atoms with E-state index in [9.17, 15) is 5.11 Å². The van der Waals surface area contributed by atoms with Gasteiger partial charge in [-0.1, -0.05) is 11.6 Å². The number of pyridine rings is 1. The molecule has 0 aliphatic heterocycles. The molecule has 1 heterocycles. The lowest BCUT2D eigenvalue weighted by Crippen LogP contribution is -2.27. The van der Waals surface area contributed by atoms with Crippen molar-refractivity contribution in [2.24, 2.45) is 0 Å². The Balaban J connectivity index is 2.60. The smallest absolute Gasteiger partial charge is 0.171 e. The molecule has 0 fully saturated rings. The average molecular weight is 202 g/mol. The summed E-state index contributed by atoms with van der Waals surface area (Å²) >= 11 is 5.74. The SMILES string of the molecule is CC(C)(O)COc1cccnc1Cl.